The van der Waals surface area contributed by atoms with E-state index in [-0.39, 0.29) is 11.2 Å². The predicted molar refractivity (Wildman–Crippen MR) is 89.4 cm³/mol. The van der Waals surface area contributed by atoms with Gasteiger partial charge in [-0.05, 0) is 26.2 Å². The van der Waals surface area contributed by atoms with Crippen molar-refractivity contribution >= 4 is 11.2 Å². The lowest BCUT2D eigenvalue weighted by molar-refractivity contribution is -0.936. The Balaban J connectivity index is 2.01. The number of quaternary nitrogens is 1. The first-order chi connectivity index (χ1) is 10.8. The van der Waals surface area contributed by atoms with E-state index < -0.39 is 0 Å². The molecule has 7 nitrogen and oxygen atoms in total. The Hall–Kier alpha value is -1.89. The Morgan fingerprint density at radius 1 is 1.17 bits per heavy atom. The second kappa shape index (κ2) is 5.63. The molecule has 0 bridgehead atoms. The van der Waals surface area contributed by atoms with Gasteiger partial charge in [0.15, 0.2) is 11.2 Å². The zero-order valence-electron chi connectivity index (χ0n) is 14.4. The summed E-state index contributed by atoms with van der Waals surface area (Å²) in [6, 6.07) is 0.398. The van der Waals surface area contributed by atoms with Gasteiger partial charge in [-0.1, -0.05) is 0 Å². The summed E-state index contributed by atoms with van der Waals surface area (Å²) in [5.74, 6) is 0. The molecule has 1 fully saturated rings. The molecule has 1 aliphatic heterocycles. The third kappa shape index (κ3) is 2.52. The molecule has 1 aliphatic rings. The van der Waals surface area contributed by atoms with Gasteiger partial charge in [0.1, 0.15) is 6.04 Å². The predicted octanol–water partition coefficient (Wildman–Crippen LogP) is 0.453. The fourth-order valence-electron chi connectivity index (χ4n) is 3.69. The van der Waals surface area contributed by atoms with Gasteiger partial charge in [0.25, 0.3) is 5.56 Å². The van der Waals surface area contributed by atoms with Crippen molar-refractivity contribution in [2.75, 3.05) is 20.1 Å². The molecule has 0 spiro atoms. The van der Waals surface area contributed by atoms with Gasteiger partial charge < -0.3 is 9.05 Å². The summed E-state index contributed by atoms with van der Waals surface area (Å²) in [5, 5.41) is 0. The summed E-state index contributed by atoms with van der Waals surface area (Å²) < 4.78 is 5.54. The largest absolute Gasteiger partial charge is 0.332 e. The van der Waals surface area contributed by atoms with E-state index in [0.29, 0.717) is 17.2 Å². The van der Waals surface area contributed by atoms with E-state index >= 15 is 0 Å². The minimum atomic E-state index is -0.337. The van der Waals surface area contributed by atoms with Gasteiger partial charge in [-0.15, -0.1) is 0 Å². The number of aryl methyl sites for hydroxylation is 1. The first-order valence-corrected chi connectivity index (χ1v) is 8.30. The Kier molecular flexibility index (Phi) is 3.91. The Morgan fingerprint density at radius 3 is 2.48 bits per heavy atom. The van der Waals surface area contributed by atoms with Crippen molar-refractivity contribution in [3.8, 4) is 0 Å². The second-order valence-electron chi connectivity index (χ2n) is 7.11. The quantitative estimate of drug-likeness (QED) is 0.772. The molecule has 1 unspecified atom stereocenters. The topological polar surface area (TPSA) is 61.8 Å². The van der Waals surface area contributed by atoms with Crippen LogP contribution in [0.3, 0.4) is 0 Å². The SMILES string of the molecule is CC(Cn1cnc2c1c(=O)n(C)c(=O)n2C)[N+]1(C)CCCCC1. The molecule has 0 aromatic carbocycles. The third-order valence-corrected chi connectivity index (χ3v) is 5.58. The molecular formula is C16H26N5O2+. The number of imidazole rings is 1. The molecule has 7 heteroatoms. The van der Waals surface area contributed by atoms with Crippen LogP contribution < -0.4 is 11.2 Å². The number of likely N-dealkylation sites (N-methyl/N-ethyl adjacent to an activating group) is 1. The number of piperidine rings is 1. The van der Waals surface area contributed by atoms with Gasteiger partial charge in [-0.3, -0.25) is 13.9 Å². The lowest BCUT2D eigenvalue weighted by Gasteiger charge is -2.43. The van der Waals surface area contributed by atoms with Gasteiger partial charge in [-0.25, -0.2) is 9.78 Å². The van der Waals surface area contributed by atoms with Crippen LogP contribution in [0.25, 0.3) is 11.2 Å². The summed E-state index contributed by atoms with van der Waals surface area (Å²) in [4.78, 5) is 28.8. The van der Waals surface area contributed by atoms with E-state index in [2.05, 4.69) is 19.0 Å². The standard InChI is InChI=1S/C16H26N5O2/c1-12(21(4)8-6-5-7-9-21)10-20-11-17-14-13(20)15(22)19(3)16(23)18(14)2/h11-12H,5-10H2,1-4H3/q+1. The molecule has 23 heavy (non-hydrogen) atoms. The van der Waals surface area contributed by atoms with Crippen molar-refractivity contribution < 1.29 is 4.48 Å². The van der Waals surface area contributed by atoms with Crippen molar-refractivity contribution in [3.63, 3.8) is 0 Å². The van der Waals surface area contributed by atoms with E-state index in [1.165, 1.54) is 44.0 Å². The molecule has 2 aromatic heterocycles. The van der Waals surface area contributed by atoms with Gasteiger partial charge in [0.05, 0.1) is 33.0 Å². The average Bonchev–Trinajstić information content (AvgIpc) is 2.95. The van der Waals surface area contributed by atoms with Crippen LogP contribution in [-0.4, -0.2) is 49.3 Å². The fourth-order valence-corrected chi connectivity index (χ4v) is 3.69. The van der Waals surface area contributed by atoms with Crippen LogP contribution in [0.5, 0.6) is 0 Å². The lowest BCUT2D eigenvalue weighted by Crippen LogP contribution is -2.55. The summed E-state index contributed by atoms with van der Waals surface area (Å²) >= 11 is 0. The van der Waals surface area contributed by atoms with Crippen molar-refractivity contribution in [1.82, 2.24) is 18.7 Å². The summed E-state index contributed by atoms with van der Waals surface area (Å²) in [6.45, 7) is 5.35. The molecule has 126 valence electrons. The van der Waals surface area contributed by atoms with E-state index in [4.69, 9.17) is 0 Å². The highest BCUT2D eigenvalue weighted by molar-refractivity contribution is 5.69. The van der Waals surface area contributed by atoms with Crippen LogP contribution in [0.1, 0.15) is 26.2 Å². The molecule has 1 atom stereocenters. The maximum Gasteiger partial charge on any atom is 0.332 e. The minimum Gasteiger partial charge on any atom is -0.322 e. The number of rotatable bonds is 3. The van der Waals surface area contributed by atoms with Gasteiger partial charge >= 0.3 is 5.69 Å². The molecule has 0 radical (unpaired) electrons. The number of fused-ring (bicyclic) bond motifs is 1. The monoisotopic (exact) mass is 320 g/mol. The number of likely N-dealkylation sites (tertiary alicyclic amines) is 1. The van der Waals surface area contributed by atoms with Gasteiger partial charge in [0.2, 0.25) is 0 Å². The molecule has 2 aromatic rings. The van der Waals surface area contributed by atoms with E-state index in [0.717, 1.165) is 15.6 Å². The fraction of sp³-hybridized carbons (Fsp3) is 0.688. The molecular weight excluding hydrogens is 294 g/mol. The van der Waals surface area contributed by atoms with E-state index in [1.54, 1.807) is 13.4 Å². The van der Waals surface area contributed by atoms with Crippen molar-refractivity contribution in [2.24, 2.45) is 14.1 Å². The number of hydrogen-bond donors (Lipinski definition) is 0. The molecule has 0 N–H and O–H groups in total. The van der Waals surface area contributed by atoms with Crippen molar-refractivity contribution in [1.29, 1.82) is 0 Å². The van der Waals surface area contributed by atoms with Crippen LogP contribution in [0.15, 0.2) is 15.9 Å². The van der Waals surface area contributed by atoms with Crippen LogP contribution >= 0.6 is 0 Å². The third-order valence-electron chi connectivity index (χ3n) is 5.58. The number of nitrogens with zero attached hydrogens (tertiary/aromatic N) is 5. The maximum atomic E-state index is 12.5. The highest BCUT2D eigenvalue weighted by atomic mass is 16.2. The Morgan fingerprint density at radius 2 is 1.83 bits per heavy atom. The zero-order valence-corrected chi connectivity index (χ0v) is 14.4. The Labute approximate surface area is 135 Å². The van der Waals surface area contributed by atoms with Crippen LogP contribution in [0.2, 0.25) is 0 Å². The first-order valence-electron chi connectivity index (χ1n) is 8.30. The second-order valence-corrected chi connectivity index (χ2v) is 7.11. The van der Waals surface area contributed by atoms with Crippen molar-refractivity contribution in [3.05, 3.63) is 27.2 Å². The molecule has 3 heterocycles. The average molecular weight is 320 g/mol. The summed E-state index contributed by atoms with van der Waals surface area (Å²) in [5.41, 5.74) is 0.376. The van der Waals surface area contributed by atoms with E-state index in [1.807, 2.05) is 4.57 Å². The zero-order chi connectivity index (χ0) is 16.8. The highest BCUT2D eigenvalue weighted by Crippen LogP contribution is 2.21. The van der Waals surface area contributed by atoms with Gasteiger partial charge in [-0.2, -0.15) is 0 Å². The molecule has 1 saturated heterocycles. The molecule has 0 aliphatic carbocycles. The maximum absolute atomic E-state index is 12.5. The molecule has 0 saturated carbocycles. The van der Waals surface area contributed by atoms with Crippen molar-refractivity contribution in [2.45, 2.75) is 38.8 Å². The minimum absolute atomic E-state index is 0.269. The van der Waals surface area contributed by atoms with Crippen LogP contribution in [-0.2, 0) is 20.6 Å². The van der Waals surface area contributed by atoms with Gasteiger partial charge in [0, 0.05) is 14.1 Å². The summed E-state index contributed by atoms with van der Waals surface area (Å²) in [6.07, 6.45) is 5.54. The highest BCUT2D eigenvalue weighted by Gasteiger charge is 2.31. The number of aromatic nitrogens is 4. The normalized spacial score (nSPS) is 19.1. The summed E-state index contributed by atoms with van der Waals surface area (Å²) in [7, 11) is 5.48. The number of hydrogen-bond acceptors (Lipinski definition) is 3. The Bertz CT molecular complexity index is 838. The smallest absolute Gasteiger partial charge is 0.322 e. The van der Waals surface area contributed by atoms with Crippen LogP contribution in [0.4, 0.5) is 0 Å². The van der Waals surface area contributed by atoms with Crippen LogP contribution in [0, 0.1) is 0 Å². The molecule has 3 rings (SSSR count). The molecule has 0 amide bonds. The first kappa shape index (κ1) is 16.0. The van der Waals surface area contributed by atoms with E-state index in [9.17, 15) is 9.59 Å². The lowest BCUT2D eigenvalue weighted by atomic mass is 10.1.